The molecule has 0 heterocycles. The summed E-state index contributed by atoms with van der Waals surface area (Å²) in [6.07, 6.45) is 2.58. The van der Waals surface area contributed by atoms with Crippen LogP contribution in [0.25, 0.3) is 6.08 Å². The molecule has 0 aromatic heterocycles. The van der Waals surface area contributed by atoms with Gasteiger partial charge in [0.05, 0.1) is 6.26 Å². The Labute approximate surface area is 106 Å². The van der Waals surface area contributed by atoms with Crippen molar-refractivity contribution >= 4 is 21.9 Å². The van der Waals surface area contributed by atoms with Crippen LogP contribution in [0, 0.1) is 11.3 Å². The molecule has 0 radical (unpaired) electrons. The first-order valence-corrected chi connectivity index (χ1v) is 6.84. The number of hydrogen-bond donors (Lipinski definition) is 0. The molecule has 0 fully saturated rings. The molecule has 6 heteroatoms. The highest BCUT2D eigenvalue weighted by Gasteiger charge is 2.05. The summed E-state index contributed by atoms with van der Waals surface area (Å²) >= 11 is 0. The molecule has 0 saturated heterocycles. The Morgan fingerprint density at radius 1 is 1.39 bits per heavy atom. The molecule has 0 aliphatic heterocycles. The van der Waals surface area contributed by atoms with Gasteiger partial charge in [-0.2, -0.15) is 13.7 Å². The summed E-state index contributed by atoms with van der Waals surface area (Å²) in [4.78, 5) is 0. The van der Waals surface area contributed by atoms with Crippen molar-refractivity contribution in [1.82, 2.24) is 0 Å². The number of hydrogen-bond acceptors (Lipinski definition) is 5. The Hall–Kier alpha value is -2.13. The fourth-order valence-electron chi connectivity index (χ4n) is 1.15. The van der Waals surface area contributed by atoms with Gasteiger partial charge in [-0.05, 0) is 24.1 Å². The first-order chi connectivity index (χ1) is 8.42. The summed E-state index contributed by atoms with van der Waals surface area (Å²) in [7, 11) is -3.70. The molecule has 1 rings (SSSR count). The highest BCUT2D eigenvalue weighted by atomic mass is 32.2. The molecular formula is C12H12N2O3S. The molecule has 0 aliphatic rings. The largest absolute Gasteiger partial charge is 0.325 e. The van der Waals surface area contributed by atoms with Crippen LogP contribution in [0.3, 0.4) is 0 Å². The van der Waals surface area contributed by atoms with Crippen LogP contribution in [-0.4, -0.2) is 20.4 Å². The molecule has 94 valence electrons. The van der Waals surface area contributed by atoms with E-state index in [0.29, 0.717) is 5.57 Å². The van der Waals surface area contributed by atoms with Gasteiger partial charge in [-0.1, -0.05) is 35.5 Å². The molecular weight excluding hydrogens is 252 g/mol. The standard InChI is InChI=1S/C12H12N2O3S/c1-10(8-11-6-4-3-5-7-11)12(9-13)14-17-18(2,15)16/h3-8H,1-2H3/b10-8+,14-12+. The van der Waals surface area contributed by atoms with E-state index < -0.39 is 10.1 Å². The van der Waals surface area contributed by atoms with Gasteiger partial charge in [0.1, 0.15) is 6.07 Å². The van der Waals surface area contributed by atoms with Crippen molar-refractivity contribution in [2.75, 3.05) is 6.26 Å². The minimum atomic E-state index is -3.70. The SMILES string of the molecule is CC(=C\c1ccccc1)/C(C#N)=N/OS(C)(=O)=O. The first-order valence-electron chi connectivity index (χ1n) is 5.03. The number of nitriles is 1. The molecule has 1 aromatic rings. The molecule has 0 atom stereocenters. The summed E-state index contributed by atoms with van der Waals surface area (Å²) in [6.45, 7) is 1.65. The summed E-state index contributed by atoms with van der Waals surface area (Å²) in [5, 5.41) is 12.2. The highest BCUT2D eigenvalue weighted by molar-refractivity contribution is 7.85. The Kier molecular flexibility index (Phi) is 4.63. The Morgan fingerprint density at radius 3 is 2.50 bits per heavy atom. The molecule has 1 aromatic carbocycles. The Morgan fingerprint density at radius 2 is 2.00 bits per heavy atom. The van der Waals surface area contributed by atoms with Crippen LogP contribution in [0.5, 0.6) is 0 Å². The average Bonchev–Trinajstić information content (AvgIpc) is 2.29. The van der Waals surface area contributed by atoms with Crippen molar-refractivity contribution in [2.45, 2.75) is 6.92 Å². The molecule has 5 nitrogen and oxygen atoms in total. The van der Waals surface area contributed by atoms with Crippen molar-refractivity contribution < 1.29 is 12.7 Å². The van der Waals surface area contributed by atoms with Crippen molar-refractivity contribution in [3.05, 3.63) is 41.5 Å². The zero-order valence-corrected chi connectivity index (χ0v) is 10.8. The maximum atomic E-state index is 10.8. The van der Waals surface area contributed by atoms with Gasteiger partial charge in [0.2, 0.25) is 0 Å². The van der Waals surface area contributed by atoms with Gasteiger partial charge in [-0.15, -0.1) is 0 Å². The van der Waals surface area contributed by atoms with Gasteiger partial charge in [-0.25, -0.2) is 0 Å². The van der Waals surface area contributed by atoms with E-state index in [4.69, 9.17) is 5.26 Å². The van der Waals surface area contributed by atoms with E-state index >= 15 is 0 Å². The number of oxime groups is 1. The third-order valence-corrected chi connectivity index (χ3v) is 2.27. The molecule has 0 amide bonds. The fourth-order valence-corrected chi connectivity index (χ4v) is 1.36. The van der Waals surface area contributed by atoms with Gasteiger partial charge in [0.15, 0.2) is 5.71 Å². The summed E-state index contributed by atoms with van der Waals surface area (Å²) < 4.78 is 25.8. The average molecular weight is 264 g/mol. The smallest absolute Gasteiger partial charge is 0.267 e. The minimum absolute atomic E-state index is 0.0794. The number of rotatable bonds is 4. The number of allylic oxidation sites excluding steroid dienone is 1. The lowest BCUT2D eigenvalue weighted by atomic mass is 10.1. The minimum Gasteiger partial charge on any atom is -0.267 e. The molecule has 0 N–H and O–H groups in total. The second-order valence-electron chi connectivity index (χ2n) is 3.57. The summed E-state index contributed by atoms with van der Waals surface area (Å²) in [6, 6.07) is 11.1. The quantitative estimate of drug-likeness (QED) is 0.615. The van der Waals surface area contributed by atoms with Crippen molar-refractivity contribution in [3.8, 4) is 6.07 Å². The van der Waals surface area contributed by atoms with E-state index in [1.165, 1.54) is 0 Å². The van der Waals surface area contributed by atoms with Gasteiger partial charge in [0, 0.05) is 0 Å². The van der Waals surface area contributed by atoms with E-state index in [2.05, 4.69) is 9.44 Å². The van der Waals surface area contributed by atoms with Gasteiger partial charge in [-0.3, -0.25) is 4.28 Å². The van der Waals surface area contributed by atoms with Gasteiger partial charge >= 0.3 is 10.1 Å². The zero-order valence-electron chi connectivity index (χ0n) is 9.99. The van der Waals surface area contributed by atoms with Crippen molar-refractivity contribution in [3.63, 3.8) is 0 Å². The third kappa shape index (κ3) is 4.80. The molecule has 0 spiro atoms. The second-order valence-corrected chi connectivity index (χ2v) is 5.13. The Balaban J connectivity index is 2.97. The van der Waals surface area contributed by atoms with Crippen LogP contribution in [0.4, 0.5) is 0 Å². The van der Waals surface area contributed by atoms with E-state index in [-0.39, 0.29) is 5.71 Å². The van der Waals surface area contributed by atoms with E-state index in [0.717, 1.165) is 11.8 Å². The van der Waals surface area contributed by atoms with Crippen LogP contribution in [0.2, 0.25) is 0 Å². The summed E-state index contributed by atoms with van der Waals surface area (Å²) in [5.74, 6) is 0. The molecule has 0 unspecified atom stereocenters. The maximum absolute atomic E-state index is 10.8. The molecule has 0 bridgehead atoms. The van der Waals surface area contributed by atoms with Crippen molar-refractivity contribution in [1.29, 1.82) is 5.26 Å². The molecule has 0 saturated carbocycles. The van der Waals surface area contributed by atoms with Crippen LogP contribution in [0.1, 0.15) is 12.5 Å². The highest BCUT2D eigenvalue weighted by Crippen LogP contribution is 2.08. The molecule has 18 heavy (non-hydrogen) atoms. The van der Waals surface area contributed by atoms with Crippen LogP contribution < -0.4 is 0 Å². The van der Waals surface area contributed by atoms with Crippen LogP contribution >= 0.6 is 0 Å². The zero-order chi connectivity index (χ0) is 13.6. The third-order valence-electron chi connectivity index (χ3n) is 1.93. The van der Waals surface area contributed by atoms with E-state index in [1.807, 2.05) is 30.3 Å². The lowest BCUT2D eigenvalue weighted by Crippen LogP contribution is -2.02. The molecule has 0 aliphatic carbocycles. The lowest BCUT2D eigenvalue weighted by Gasteiger charge is -1.99. The predicted molar refractivity (Wildman–Crippen MR) is 69.1 cm³/mol. The second kappa shape index (κ2) is 5.98. The van der Waals surface area contributed by atoms with E-state index in [1.54, 1.807) is 19.1 Å². The van der Waals surface area contributed by atoms with Crippen molar-refractivity contribution in [2.24, 2.45) is 5.16 Å². The fraction of sp³-hybridized carbons (Fsp3) is 0.167. The van der Waals surface area contributed by atoms with Gasteiger partial charge < -0.3 is 0 Å². The number of nitrogens with zero attached hydrogens (tertiary/aromatic N) is 2. The first kappa shape index (κ1) is 13.9. The normalized spacial score (nSPS) is 12.9. The topological polar surface area (TPSA) is 79.5 Å². The van der Waals surface area contributed by atoms with Gasteiger partial charge in [0.25, 0.3) is 0 Å². The summed E-state index contributed by atoms with van der Waals surface area (Å²) in [5.41, 5.74) is 1.33. The Bertz CT molecular complexity index is 610. The maximum Gasteiger partial charge on any atom is 0.325 e. The lowest BCUT2D eigenvalue weighted by molar-refractivity contribution is 0.344. The van der Waals surface area contributed by atoms with E-state index in [9.17, 15) is 8.42 Å². The predicted octanol–water partition coefficient (Wildman–Crippen LogP) is 1.95. The monoisotopic (exact) mass is 264 g/mol. The number of benzene rings is 1. The van der Waals surface area contributed by atoms with Crippen LogP contribution in [0.15, 0.2) is 41.1 Å². The van der Waals surface area contributed by atoms with Crippen LogP contribution in [-0.2, 0) is 14.4 Å².